The van der Waals surface area contributed by atoms with Gasteiger partial charge in [0.05, 0.1) is 62.4 Å². The molecule has 0 saturated carbocycles. The number of amides is 3. The van der Waals surface area contributed by atoms with E-state index in [1.54, 1.807) is 18.5 Å². The van der Waals surface area contributed by atoms with Crippen LogP contribution in [0.2, 0.25) is 0 Å². The third-order valence-electron chi connectivity index (χ3n) is 14.8. The largest absolute Gasteiger partial charge is 0.480 e. The lowest BCUT2D eigenvalue weighted by Crippen LogP contribution is -2.48. The smallest absolute Gasteiger partial charge is 0.421 e. The van der Waals surface area contributed by atoms with E-state index in [-0.39, 0.29) is 23.6 Å². The number of alkyl halides is 13. The summed E-state index contributed by atoms with van der Waals surface area (Å²) >= 11 is 5.52. The van der Waals surface area contributed by atoms with Crippen molar-refractivity contribution < 1.29 is 101 Å². The molecule has 0 aliphatic carbocycles. The summed E-state index contributed by atoms with van der Waals surface area (Å²) < 4.78 is 218. The van der Waals surface area contributed by atoms with Crippen LogP contribution in [0.25, 0.3) is 8.25 Å². The first-order chi connectivity index (χ1) is 45.9. The lowest BCUT2D eigenvalue weighted by Gasteiger charge is -2.33. The number of carbonyl (C=O) groups is 3. The number of nitrogens with two attached hydrogens (primary N) is 1. The molecule has 0 saturated heterocycles. The zero-order chi connectivity index (χ0) is 80.3. The first-order valence-electron chi connectivity index (χ1n) is 35.2. The van der Waals surface area contributed by atoms with E-state index in [0.717, 1.165) is 67.0 Å². The molecule has 0 unspecified atom stereocenters. The summed E-state index contributed by atoms with van der Waals surface area (Å²) in [7, 11) is -28.5. The van der Waals surface area contributed by atoms with Gasteiger partial charge in [-0.05, 0) is 93.4 Å². The first-order valence-corrected chi connectivity index (χ1v) is 46.5. The molecule has 0 spiro atoms. The van der Waals surface area contributed by atoms with Gasteiger partial charge in [-0.15, -0.1) is 11.6 Å². The third kappa shape index (κ3) is 50.6. The molecule has 0 aromatic carbocycles. The van der Waals surface area contributed by atoms with Crippen molar-refractivity contribution >= 4 is 83.9 Å². The third-order valence-corrected chi connectivity index (χ3v) is 30.7. The fourth-order valence-corrected chi connectivity index (χ4v) is 24.0. The van der Waals surface area contributed by atoms with Gasteiger partial charge in [-0.3, -0.25) is 19.3 Å². The molecule has 0 bridgehead atoms. The van der Waals surface area contributed by atoms with Crippen LogP contribution < -0.4 is 5.73 Å². The Bertz CT molecular complexity index is 2390. The molecular weight excluding hydrogens is 1500 g/mol. The number of hydrogen-bond acceptors (Lipinski definition) is 13. The van der Waals surface area contributed by atoms with Gasteiger partial charge in [-0.2, -0.15) is 52.7 Å². The van der Waals surface area contributed by atoms with Gasteiger partial charge in [-0.1, -0.05) is 163 Å². The molecule has 37 heteroatoms. The molecule has 2 N–H and O–H groups in total. The van der Waals surface area contributed by atoms with E-state index in [4.69, 9.17) is 17.3 Å². The van der Waals surface area contributed by atoms with Crippen LogP contribution in [0, 0.1) is 35.5 Å². The van der Waals surface area contributed by atoms with Crippen molar-refractivity contribution in [3.8, 4) is 0 Å². The van der Waals surface area contributed by atoms with Crippen molar-refractivity contribution in [1.29, 1.82) is 0 Å². The summed E-state index contributed by atoms with van der Waals surface area (Å²) in [5.74, 6) is 3.25. The maximum Gasteiger partial charge on any atom is 0.480 e. The normalized spacial score (nSPS) is 13.0. The van der Waals surface area contributed by atoms with Crippen molar-refractivity contribution in [2.24, 2.45) is 41.2 Å². The van der Waals surface area contributed by atoms with E-state index >= 15 is 0 Å². The number of hydrogen-bond donors (Lipinski definition) is 1. The van der Waals surface area contributed by atoms with E-state index in [9.17, 15) is 101 Å². The number of carbonyl (C=O) groups excluding carboxylic acids is 3. The van der Waals surface area contributed by atoms with Gasteiger partial charge in [0.2, 0.25) is 17.7 Å². The Morgan fingerprint density at radius 2 is 0.545 bits per heavy atom. The Balaban J connectivity index is -0.000000422. The number of sulfonamides is 4. The van der Waals surface area contributed by atoms with E-state index in [1.165, 1.54) is 114 Å². The molecule has 0 aliphatic heterocycles. The van der Waals surface area contributed by atoms with Gasteiger partial charge in [0, 0.05) is 60.3 Å². The highest BCUT2D eigenvalue weighted by Crippen LogP contribution is 2.62. The highest BCUT2D eigenvalue weighted by atomic mass is 35.5. The van der Waals surface area contributed by atoms with Gasteiger partial charge < -0.3 is 28.7 Å². The molecule has 18 nitrogen and oxygen atoms in total. The van der Waals surface area contributed by atoms with Crippen LogP contribution in [0.1, 0.15) is 215 Å². The van der Waals surface area contributed by atoms with Crippen molar-refractivity contribution in [1.82, 2.24) is 19.6 Å². The number of nitrogens with zero attached hydrogens (tertiary/aromatic N) is 6. The van der Waals surface area contributed by atoms with Gasteiger partial charge in [0.15, 0.2) is 40.1 Å². The topological polar surface area (TPSA) is 255 Å². The van der Waals surface area contributed by atoms with E-state index in [0.29, 0.717) is 48.6 Å². The molecular formula is C64H128ClF12N7O11P2S4. The average molecular weight is 1630 g/mol. The molecule has 0 heterocycles. The summed E-state index contributed by atoms with van der Waals surface area (Å²) in [4.78, 5) is 46.9. The van der Waals surface area contributed by atoms with E-state index in [2.05, 4.69) is 130 Å². The molecule has 0 atom stereocenters. The van der Waals surface area contributed by atoms with Gasteiger partial charge in [0.1, 0.15) is 5.88 Å². The molecule has 610 valence electrons. The fraction of sp³-hybridized carbons (Fsp3) is 0.953. The molecule has 0 radical (unpaired) electrons. The zero-order valence-electron chi connectivity index (χ0n) is 63.5. The van der Waals surface area contributed by atoms with Gasteiger partial charge in [-0.25, -0.2) is 33.7 Å². The van der Waals surface area contributed by atoms with E-state index in [1.807, 2.05) is 14.7 Å². The van der Waals surface area contributed by atoms with Crippen LogP contribution in [-0.2, 0) is 54.5 Å². The van der Waals surface area contributed by atoms with Gasteiger partial charge in [0.25, 0.3) is 0 Å². The second-order valence-corrected chi connectivity index (χ2v) is 44.1. The van der Waals surface area contributed by atoms with Crippen LogP contribution in [0.4, 0.5) is 52.7 Å². The van der Waals surface area contributed by atoms with E-state index < -0.39 is 76.7 Å². The zero-order valence-corrected chi connectivity index (χ0v) is 69.3. The molecule has 0 aromatic rings. The highest BCUT2D eigenvalue weighted by Gasteiger charge is 2.48. The van der Waals surface area contributed by atoms with Crippen LogP contribution in [-0.4, -0.2) is 214 Å². The summed E-state index contributed by atoms with van der Waals surface area (Å²) in [5.41, 5.74) is -19.1. The second-order valence-electron chi connectivity index (χ2n) is 28.0. The second kappa shape index (κ2) is 53.2. The minimum absolute atomic E-state index is 0.0454. The summed E-state index contributed by atoms with van der Waals surface area (Å²) in [6, 6.07) is 0. The number of halogens is 13. The lowest BCUT2D eigenvalue weighted by molar-refractivity contribution is -0.137. The molecule has 0 fully saturated rings. The minimum atomic E-state index is -6.72. The predicted octanol–water partition coefficient (Wildman–Crippen LogP) is 17.6. The summed E-state index contributed by atoms with van der Waals surface area (Å²) in [5, 5.41) is 0. The first kappa shape index (κ1) is 108. The number of unbranched alkanes of at least 4 members (excludes halogenated alkanes) is 6. The maximum atomic E-state index is 13.7. The average Bonchev–Trinajstić information content (AvgIpc) is 0.797. The fourth-order valence-electron chi connectivity index (χ4n) is 10.1. The standard InChI is InChI=1S/C35H73N3O2P.C15H35NP.C10H20ClNO.2C2F6NO4S2/c1-12-15-20-41(21-16-13-2,22-17-14-3)23-18-19-36(28-34(39)37(24-30(4)5)25-31(6)7)29-35(40)38(26-32(8)9)27-33(10)11;1-4-7-12-17(13-8-5-2,14-9-6-3)15-10-11-16;1-8(2)6-12(7-9(3)4)10(13)5-11;2*3-1(4,5)14(10,11)9-15(12,13)2(6,7)8/h30-33H,12-29H2,1-11H3;4-16H2,1-3H3;8-9H,5-7H2,1-4H3;;/q2*+1;;2*-1. The van der Waals surface area contributed by atoms with Gasteiger partial charge >= 0.3 is 22.0 Å². The SMILES string of the molecule is CC(C)CN(CC(C)C)C(=O)CCl.CCCC[P+](CCCC)(CCCC)CCCN.CCCC[P+](CCCC)(CCCC)CCCN(CC(=O)N(CC(C)C)CC(C)C)CC(=O)N(CC(C)C)CC(C)C.O=S(=O)([N-]S(=O)(=O)C(F)(F)F)C(F)(F)F.O=S(=O)([N-]S(=O)(=O)C(F)(F)F)C(F)(F)F. The van der Waals surface area contributed by atoms with Crippen LogP contribution in [0.3, 0.4) is 0 Å². The monoisotopic (exact) mass is 1620 g/mol. The number of rotatable bonds is 46. The molecule has 3 amide bonds. The Morgan fingerprint density at radius 1 is 0.356 bits per heavy atom. The van der Waals surface area contributed by atoms with Crippen LogP contribution in [0.15, 0.2) is 0 Å². The van der Waals surface area contributed by atoms with Crippen molar-refractivity contribution in [2.75, 3.05) is 121 Å². The minimum Gasteiger partial charge on any atom is -0.421 e. The Morgan fingerprint density at radius 3 is 0.713 bits per heavy atom. The molecule has 0 rings (SSSR count). The van der Waals surface area contributed by atoms with Crippen LogP contribution >= 0.6 is 26.1 Å². The Hall–Kier alpha value is -1.64. The Labute approximate surface area is 607 Å². The molecule has 101 heavy (non-hydrogen) atoms. The quantitative estimate of drug-likeness (QED) is 0.0338. The highest BCUT2D eigenvalue weighted by molar-refractivity contribution is 8.13. The van der Waals surface area contributed by atoms with Crippen LogP contribution in [0.5, 0.6) is 0 Å². The van der Waals surface area contributed by atoms with Crippen molar-refractivity contribution in [3.05, 3.63) is 8.25 Å². The molecule has 0 aliphatic rings. The Kier molecular flexibility index (Phi) is 56.9. The van der Waals surface area contributed by atoms with Crippen molar-refractivity contribution in [2.45, 2.75) is 237 Å². The summed E-state index contributed by atoms with van der Waals surface area (Å²) in [6.45, 7) is 47.1. The van der Waals surface area contributed by atoms with Crippen molar-refractivity contribution in [3.63, 3.8) is 0 Å². The summed E-state index contributed by atoms with van der Waals surface area (Å²) in [6.07, 6.45) is 30.4. The molecule has 0 aromatic heterocycles. The maximum absolute atomic E-state index is 13.7. The predicted molar refractivity (Wildman–Crippen MR) is 393 cm³/mol. The lowest BCUT2D eigenvalue weighted by atomic mass is 10.1.